The van der Waals surface area contributed by atoms with Crippen LogP contribution in [0.1, 0.15) is 17.3 Å². The van der Waals surface area contributed by atoms with E-state index in [1.807, 2.05) is 30.3 Å². The van der Waals surface area contributed by atoms with Crippen LogP contribution in [0.2, 0.25) is 0 Å². The van der Waals surface area contributed by atoms with Gasteiger partial charge in [0.15, 0.2) is 0 Å². The number of hydrogen-bond acceptors (Lipinski definition) is 3. The lowest BCUT2D eigenvalue weighted by Gasteiger charge is -2.09. The quantitative estimate of drug-likeness (QED) is 0.615. The zero-order valence-electron chi connectivity index (χ0n) is 9.93. The number of carbonyl (C=O) groups is 1. The van der Waals surface area contributed by atoms with E-state index in [9.17, 15) is 4.79 Å². The van der Waals surface area contributed by atoms with Crippen LogP contribution in [0.3, 0.4) is 0 Å². The van der Waals surface area contributed by atoms with Crippen LogP contribution in [-0.4, -0.2) is 12.6 Å². The Kier molecular flexibility index (Phi) is 4.55. The number of alkyl halides is 1. The summed E-state index contributed by atoms with van der Waals surface area (Å²) in [6, 6.07) is 12.1. The van der Waals surface area contributed by atoms with E-state index >= 15 is 0 Å². The van der Waals surface area contributed by atoms with Crippen molar-refractivity contribution < 1.29 is 9.53 Å². The molecule has 1 aromatic carbocycles. The summed E-state index contributed by atoms with van der Waals surface area (Å²) >= 11 is 5.06. The molecule has 1 heterocycles. The Bertz CT molecular complexity index is 505. The summed E-state index contributed by atoms with van der Waals surface area (Å²) < 4.78 is 4.98. The van der Waals surface area contributed by atoms with Crippen molar-refractivity contribution in [2.75, 3.05) is 6.61 Å². The van der Waals surface area contributed by atoms with Crippen LogP contribution >= 0.6 is 27.3 Å². The summed E-state index contributed by atoms with van der Waals surface area (Å²) in [5, 5.41) is 2.05. The zero-order valence-corrected chi connectivity index (χ0v) is 12.3. The number of ether oxygens (including phenoxy) is 1. The molecule has 1 unspecified atom stereocenters. The first-order valence-electron chi connectivity index (χ1n) is 5.67. The fourth-order valence-corrected chi connectivity index (χ4v) is 2.78. The predicted molar refractivity (Wildman–Crippen MR) is 78.1 cm³/mol. The molecule has 0 saturated carbocycles. The molecule has 2 aromatic rings. The van der Waals surface area contributed by atoms with E-state index in [1.54, 1.807) is 18.3 Å². The van der Waals surface area contributed by atoms with Gasteiger partial charge in [0.25, 0.3) is 0 Å². The molecule has 0 N–H and O–H groups in total. The highest BCUT2D eigenvalue weighted by molar-refractivity contribution is 9.09. The van der Waals surface area contributed by atoms with Crippen molar-refractivity contribution in [3.05, 3.63) is 47.3 Å². The van der Waals surface area contributed by atoms with Crippen LogP contribution in [0, 0.1) is 0 Å². The highest BCUT2D eigenvalue weighted by Crippen LogP contribution is 2.29. The molecule has 0 aliphatic rings. The topological polar surface area (TPSA) is 26.3 Å². The Morgan fingerprint density at radius 2 is 2.06 bits per heavy atom. The predicted octanol–water partition coefficient (Wildman–Crippen LogP) is 4.41. The summed E-state index contributed by atoms with van der Waals surface area (Å²) in [6.45, 7) is 2.20. The second-order valence-electron chi connectivity index (χ2n) is 3.71. The van der Waals surface area contributed by atoms with Gasteiger partial charge in [-0.2, -0.15) is 0 Å². The van der Waals surface area contributed by atoms with Gasteiger partial charge in [0.2, 0.25) is 0 Å². The molecule has 0 bridgehead atoms. The third-order valence-corrected chi connectivity index (χ3v) is 4.32. The standard InChI is InChI=1S/C14H13BrO2S/c1-2-17-14(16)13(15)11-7-5-10(6-8-11)12-4-3-9-18-12/h3-9,13H,2H2,1H3. The number of benzene rings is 1. The minimum atomic E-state index is -0.394. The molecule has 0 amide bonds. The van der Waals surface area contributed by atoms with Crippen molar-refractivity contribution in [1.29, 1.82) is 0 Å². The average molecular weight is 325 g/mol. The number of carbonyl (C=O) groups excluding carboxylic acids is 1. The maximum absolute atomic E-state index is 11.6. The van der Waals surface area contributed by atoms with Crippen molar-refractivity contribution in [2.24, 2.45) is 0 Å². The largest absolute Gasteiger partial charge is 0.465 e. The molecular weight excluding hydrogens is 312 g/mol. The lowest BCUT2D eigenvalue weighted by molar-refractivity contribution is -0.142. The molecule has 0 spiro atoms. The zero-order chi connectivity index (χ0) is 13.0. The van der Waals surface area contributed by atoms with Gasteiger partial charge in [-0.25, -0.2) is 0 Å². The highest BCUT2D eigenvalue weighted by Gasteiger charge is 2.18. The van der Waals surface area contributed by atoms with Gasteiger partial charge in [0, 0.05) is 4.88 Å². The van der Waals surface area contributed by atoms with Gasteiger partial charge in [-0.05, 0) is 29.5 Å². The van der Waals surface area contributed by atoms with Crippen molar-refractivity contribution in [3.8, 4) is 10.4 Å². The van der Waals surface area contributed by atoms with E-state index in [1.165, 1.54) is 4.88 Å². The van der Waals surface area contributed by atoms with Gasteiger partial charge >= 0.3 is 5.97 Å². The highest BCUT2D eigenvalue weighted by atomic mass is 79.9. The van der Waals surface area contributed by atoms with E-state index in [0.29, 0.717) is 6.61 Å². The number of halogens is 1. The first-order chi connectivity index (χ1) is 8.72. The molecule has 1 atom stereocenters. The fourth-order valence-electron chi connectivity index (χ4n) is 1.61. The van der Waals surface area contributed by atoms with E-state index < -0.39 is 4.83 Å². The molecule has 0 aliphatic carbocycles. The molecule has 2 rings (SSSR count). The van der Waals surface area contributed by atoms with Crippen LogP contribution in [0.25, 0.3) is 10.4 Å². The molecule has 18 heavy (non-hydrogen) atoms. The van der Waals surface area contributed by atoms with Gasteiger partial charge in [0.1, 0.15) is 4.83 Å². The molecule has 94 valence electrons. The van der Waals surface area contributed by atoms with Gasteiger partial charge in [-0.1, -0.05) is 46.3 Å². The van der Waals surface area contributed by atoms with Crippen LogP contribution in [0.4, 0.5) is 0 Å². The summed E-state index contributed by atoms with van der Waals surface area (Å²) in [7, 11) is 0. The van der Waals surface area contributed by atoms with Crippen LogP contribution in [0.5, 0.6) is 0 Å². The molecule has 0 radical (unpaired) electrons. The molecule has 1 aromatic heterocycles. The van der Waals surface area contributed by atoms with Gasteiger partial charge < -0.3 is 4.74 Å². The van der Waals surface area contributed by atoms with Crippen molar-refractivity contribution in [1.82, 2.24) is 0 Å². The second kappa shape index (κ2) is 6.16. The van der Waals surface area contributed by atoms with Crippen LogP contribution in [0.15, 0.2) is 41.8 Å². The normalized spacial score (nSPS) is 12.1. The van der Waals surface area contributed by atoms with Crippen LogP contribution < -0.4 is 0 Å². The molecule has 2 nitrogen and oxygen atoms in total. The van der Waals surface area contributed by atoms with E-state index in [0.717, 1.165) is 11.1 Å². The van der Waals surface area contributed by atoms with Crippen LogP contribution in [-0.2, 0) is 9.53 Å². The Morgan fingerprint density at radius 3 is 2.61 bits per heavy atom. The second-order valence-corrected chi connectivity index (χ2v) is 5.58. The number of esters is 1. The minimum Gasteiger partial charge on any atom is -0.465 e. The minimum absolute atomic E-state index is 0.249. The van der Waals surface area contributed by atoms with Crippen molar-refractivity contribution >= 4 is 33.2 Å². The molecule has 0 aliphatic heterocycles. The average Bonchev–Trinajstić information content (AvgIpc) is 2.92. The molecule has 4 heteroatoms. The summed E-state index contributed by atoms with van der Waals surface area (Å²) in [5.41, 5.74) is 2.08. The number of thiophene rings is 1. The Labute approximate surface area is 119 Å². The maximum Gasteiger partial charge on any atom is 0.324 e. The summed E-state index contributed by atoms with van der Waals surface area (Å²) in [4.78, 5) is 12.4. The SMILES string of the molecule is CCOC(=O)C(Br)c1ccc(-c2cccs2)cc1. The Balaban J connectivity index is 2.15. The first kappa shape index (κ1) is 13.3. The van der Waals surface area contributed by atoms with Gasteiger partial charge in [0.05, 0.1) is 6.61 Å². The summed E-state index contributed by atoms with van der Waals surface area (Å²) in [5.74, 6) is -0.249. The number of rotatable bonds is 4. The third-order valence-electron chi connectivity index (χ3n) is 2.50. The molecule has 0 saturated heterocycles. The van der Waals surface area contributed by atoms with Crippen molar-refractivity contribution in [3.63, 3.8) is 0 Å². The molecule has 0 fully saturated rings. The van der Waals surface area contributed by atoms with E-state index in [4.69, 9.17) is 4.74 Å². The maximum atomic E-state index is 11.6. The number of hydrogen-bond donors (Lipinski definition) is 0. The van der Waals surface area contributed by atoms with E-state index in [2.05, 4.69) is 27.4 Å². The lowest BCUT2D eigenvalue weighted by atomic mass is 10.1. The van der Waals surface area contributed by atoms with Crippen molar-refractivity contribution in [2.45, 2.75) is 11.8 Å². The third kappa shape index (κ3) is 3.00. The lowest BCUT2D eigenvalue weighted by Crippen LogP contribution is -2.10. The smallest absolute Gasteiger partial charge is 0.324 e. The summed E-state index contributed by atoms with van der Waals surface area (Å²) in [6.07, 6.45) is 0. The van der Waals surface area contributed by atoms with Gasteiger partial charge in [-0.3, -0.25) is 4.79 Å². The first-order valence-corrected chi connectivity index (χ1v) is 7.46. The fraction of sp³-hybridized carbons (Fsp3) is 0.214. The Morgan fingerprint density at radius 1 is 1.33 bits per heavy atom. The van der Waals surface area contributed by atoms with E-state index in [-0.39, 0.29) is 5.97 Å². The monoisotopic (exact) mass is 324 g/mol. The van der Waals surface area contributed by atoms with Gasteiger partial charge in [-0.15, -0.1) is 11.3 Å². The Hall–Kier alpha value is -1.13. The molecular formula is C14H13BrO2S.